The van der Waals surface area contributed by atoms with Crippen LogP contribution in [0.25, 0.3) is 22.3 Å². The molecule has 0 unspecified atom stereocenters. The molecule has 30 heavy (non-hydrogen) atoms. The van der Waals surface area contributed by atoms with Crippen LogP contribution in [-0.2, 0) is 6.54 Å². The Hall–Kier alpha value is -3.48. The zero-order valence-corrected chi connectivity index (χ0v) is 16.7. The summed E-state index contributed by atoms with van der Waals surface area (Å²) in [7, 11) is 0. The molecule has 152 valence electrons. The molecule has 3 aromatic heterocycles. The molecule has 3 heterocycles. The summed E-state index contributed by atoms with van der Waals surface area (Å²) in [4.78, 5) is 25.2. The number of benzene rings is 1. The average Bonchev–Trinajstić information content (AvgIpc) is 3.45. The lowest BCUT2D eigenvalue weighted by molar-refractivity contribution is 0.0787. The van der Waals surface area contributed by atoms with Gasteiger partial charge in [-0.3, -0.25) is 9.78 Å². The molecule has 0 saturated heterocycles. The Labute approximate surface area is 174 Å². The summed E-state index contributed by atoms with van der Waals surface area (Å²) in [5.41, 5.74) is 3.02. The third kappa shape index (κ3) is 3.70. The number of pyridine rings is 1. The fourth-order valence-electron chi connectivity index (χ4n) is 4.11. The number of carbonyl (C=O) groups is 1. The van der Waals surface area contributed by atoms with E-state index in [1.54, 1.807) is 12.4 Å². The minimum absolute atomic E-state index is 0.0129. The van der Waals surface area contributed by atoms with Crippen molar-refractivity contribution in [2.45, 2.75) is 38.6 Å². The van der Waals surface area contributed by atoms with Crippen molar-refractivity contribution in [1.29, 1.82) is 0 Å². The SMILES string of the molecule is O=C(C1CCCCC1)n1nc(-c2cccnc2)nc1NCc1ccc2[nH]ccc2c1. The number of nitrogens with zero attached hydrogens (tertiary/aromatic N) is 4. The van der Waals surface area contributed by atoms with Crippen LogP contribution in [0.3, 0.4) is 0 Å². The van der Waals surface area contributed by atoms with Crippen molar-refractivity contribution in [3.05, 3.63) is 60.6 Å². The summed E-state index contributed by atoms with van der Waals surface area (Å²) in [6.45, 7) is 0.560. The maximum Gasteiger partial charge on any atom is 0.253 e. The number of aromatic amines is 1. The van der Waals surface area contributed by atoms with E-state index in [-0.39, 0.29) is 11.8 Å². The van der Waals surface area contributed by atoms with Crippen LogP contribution in [0.5, 0.6) is 0 Å². The minimum atomic E-state index is 0.0129. The first-order chi connectivity index (χ1) is 14.8. The molecule has 4 aromatic rings. The summed E-state index contributed by atoms with van der Waals surface area (Å²) in [5, 5.41) is 9.05. The maximum atomic E-state index is 13.2. The fourth-order valence-corrected chi connectivity index (χ4v) is 4.11. The molecule has 1 aliphatic rings. The van der Waals surface area contributed by atoms with Gasteiger partial charge in [0, 0.05) is 42.1 Å². The average molecular weight is 400 g/mol. The van der Waals surface area contributed by atoms with E-state index >= 15 is 0 Å². The van der Waals surface area contributed by atoms with Crippen LogP contribution >= 0.6 is 0 Å². The Balaban J connectivity index is 1.43. The number of aromatic nitrogens is 5. The van der Waals surface area contributed by atoms with Crippen molar-refractivity contribution >= 4 is 22.8 Å². The van der Waals surface area contributed by atoms with Gasteiger partial charge >= 0.3 is 0 Å². The third-order valence-corrected chi connectivity index (χ3v) is 5.76. The second-order valence-electron chi connectivity index (χ2n) is 7.84. The highest BCUT2D eigenvalue weighted by Gasteiger charge is 2.26. The Morgan fingerprint density at radius 1 is 1.17 bits per heavy atom. The number of fused-ring (bicyclic) bond motifs is 1. The topological polar surface area (TPSA) is 88.5 Å². The number of hydrogen-bond acceptors (Lipinski definition) is 5. The van der Waals surface area contributed by atoms with Crippen LogP contribution in [0.2, 0.25) is 0 Å². The standard InChI is InChI=1S/C23H24N6O/c30-22(17-5-2-1-3-6-17)29-23(27-21(28-29)19-7-4-11-24-15-19)26-14-16-8-9-20-18(13-16)10-12-25-20/h4,7-13,15,17,25H,1-3,5-6,14H2,(H,26,27,28). The normalized spacial score (nSPS) is 14.8. The van der Waals surface area contributed by atoms with E-state index < -0.39 is 0 Å². The first kappa shape index (κ1) is 18.5. The van der Waals surface area contributed by atoms with Crippen LogP contribution < -0.4 is 5.32 Å². The van der Waals surface area contributed by atoms with Crippen molar-refractivity contribution in [3.8, 4) is 11.4 Å². The van der Waals surface area contributed by atoms with Gasteiger partial charge < -0.3 is 10.3 Å². The highest BCUT2D eigenvalue weighted by Crippen LogP contribution is 2.27. The molecule has 1 aromatic carbocycles. The fraction of sp³-hybridized carbons (Fsp3) is 0.304. The van der Waals surface area contributed by atoms with Gasteiger partial charge in [0.2, 0.25) is 5.95 Å². The second-order valence-corrected chi connectivity index (χ2v) is 7.84. The first-order valence-electron chi connectivity index (χ1n) is 10.5. The lowest BCUT2D eigenvalue weighted by Gasteiger charge is -2.20. The lowest BCUT2D eigenvalue weighted by Crippen LogP contribution is -2.26. The zero-order valence-electron chi connectivity index (χ0n) is 16.7. The Morgan fingerprint density at radius 3 is 2.90 bits per heavy atom. The Morgan fingerprint density at radius 2 is 2.07 bits per heavy atom. The molecular formula is C23H24N6O. The van der Waals surface area contributed by atoms with Gasteiger partial charge in [0.25, 0.3) is 5.91 Å². The molecule has 0 amide bonds. The molecular weight excluding hydrogens is 376 g/mol. The van der Waals surface area contributed by atoms with Crippen LogP contribution in [0.15, 0.2) is 55.0 Å². The Bertz CT molecular complexity index is 1160. The van der Waals surface area contributed by atoms with Crippen LogP contribution in [0, 0.1) is 5.92 Å². The molecule has 7 heteroatoms. The van der Waals surface area contributed by atoms with E-state index in [4.69, 9.17) is 0 Å². The summed E-state index contributed by atoms with van der Waals surface area (Å²) in [6, 6.07) is 12.1. The number of anilines is 1. The molecule has 0 radical (unpaired) electrons. The maximum absolute atomic E-state index is 13.2. The summed E-state index contributed by atoms with van der Waals surface area (Å²) in [6.07, 6.45) is 10.6. The van der Waals surface area contributed by atoms with Gasteiger partial charge in [-0.15, -0.1) is 5.10 Å². The summed E-state index contributed by atoms with van der Waals surface area (Å²) >= 11 is 0. The molecule has 1 fully saturated rings. The number of nitrogens with one attached hydrogen (secondary N) is 2. The van der Waals surface area contributed by atoms with Crippen molar-refractivity contribution in [1.82, 2.24) is 24.7 Å². The zero-order chi connectivity index (χ0) is 20.3. The Kier molecular flexibility index (Phi) is 5.01. The molecule has 0 aliphatic heterocycles. The van der Waals surface area contributed by atoms with E-state index in [9.17, 15) is 4.79 Å². The van der Waals surface area contributed by atoms with Crippen LogP contribution in [-0.4, -0.2) is 30.6 Å². The molecule has 2 N–H and O–H groups in total. The van der Waals surface area contributed by atoms with Gasteiger partial charge in [-0.05, 0) is 54.1 Å². The highest BCUT2D eigenvalue weighted by molar-refractivity contribution is 5.84. The largest absolute Gasteiger partial charge is 0.361 e. The van der Waals surface area contributed by atoms with Gasteiger partial charge in [0.15, 0.2) is 5.82 Å². The quantitative estimate of drug-likeness (QED) is 0.509. The number of H-pyrrole nitrogens is 1. The van der Waals surface area contributed by atoms with Crippen LogP contribution in [0.1, 0.15) is 42.5 Å². The molecule has 5 rings (SSSR count). The molecule has 0 spiro atoms. The number of rotatable bonds is 5. The number of carbonyl (C=O) groups excluding carboxylic acids is 1. The van der Waals surface area contributed by atoms with Crippen LogP contribution in [0.4, 0.5) is 5.95 Å². The molecule has 1 aliphatic carbocycles. The van der Waals surface area contributed by atoms with Crippen molar-refractivity contribution in [3.63, 3.8) is 0 Å². The molecule has 0 bridgehead atoms. The lowest BCUT2D eigenvalue weighted by atomic mass is 9.89. The van der Waals surface area contributed by atoms with Crippen molar-refractivity contribution in [2.24, 2.45) is 5.92 Å². The van der Waals surface area contributed by atoms with E-state index in [1.165, 1.54) is 11.1 Å². The minimum Gasteiger partial charge on any atom is -0.361 e. The summed E-state index contributed by atoms with van der Waals surface area (Å²) in [5.74, 6) is 1.04. The first-order valence-corrected chi connectivity index (χ1v) is 10.5. The van der Waals surface area contributed by atoms with Gasteiger partial charge in [0.05, 0.1) is 0 Å². The van der Waals surface area contributed by atoms with E-state index in [1.807, 2.05) is 18.3 Å². The molecule has 1 saturated carbocycles. The highest BCUT2D eigenvalue weighted by atomic mass is 16.2. The van der Waals surface area contributed by atoms with Crippen molar-refractivity contribution < 1.29 is 4.79 Å². The predicted octanol–water partition coefficient (Wildman–Crippen LogP) is 4.65. The van der Waals surface area contributed by atoms with E-state index in [0.29, 0.717) is 18.3 Å². The van der Waals surface area contributed by atoms with E-state index in [0.717, 1.165) is 47.7 Å². The van der Waals surface area contributed by atoms with Gasteiger partial charge in [0.1, 0.15) is 0 Å². The van der Waals surface area contributed by atoms with Gasteiger partial charge in [-0.2, -0.15) is 9.67 Å². The molecule has 0 atom stereocenters. The molecule has 7 nitrogen and oxygen atoms in total. The monoisotopic (exact) mass is 400 g/mol. The second kappa shape index (κ2) is 8.10. The number of hydrogen-bond donors (Lipinski definition) is 2. The summed E-state index contributed by atoms with van der Waals surface area (Å²) < 4.78 is 1.47. The van der Waals surface area contributed by atoms with Crippen molar-refractivity contribution in [2.75, 3.05) is 5.32 Å². The smallest absolute Gasteiger partial charge is 0.253 e. The van der Waals surface area contributed by atoms with Gasteiger partial charge in [-0.1, -0.05) is 25.3 Å². The predicted molar refractivity (Wildman–Crippen MR) is 116 cm³/mol. The van der Waals surface area contributed by atoms with Gasteiger partial charge in [-0.25, -0.2) is 0 Å². The van der Waals surface area contributed by atoms with E-state index in [2.05, 4.69) is 49.6 Å². The third-order valence-electron chi connectivity index (χ3n) is 5.76.